The van der Waals surface area contributed by atoms with Crippen LogP contribution in [0, 0.1) is 0 Å². The molecule has 0 saturated carbocycles. The number of benzene rings is 2. The fourth-order valence-electron chi connectivity index (χ4n) is 3.26. The third-order valence-electron chi connectivity index (χ3n) is 4.92. The first kappa shape index (κ1) is 23.1. The first-order valence-electron chi connectivity index (χ1n) is 10.3. The van der Waals surface area contributed by atoms with Gasteiger partial charge in [0.2, 0.25) is 10.0 Å². The van der Waals surface area contributed by atoms with Crippen molar-refractivity contribution in [2.24, 2.45) is 0 Å². The highest BCUT2D eigenvalue weighted by atomic mass is 32.2. The molecule has 0 aliphatic carbocycles. The van der Waals surface area contributed by atoms with E-state index in [9.17, 15) is 13.2 Å². The van der Waals surface area contributed by atoms with E-state index in [0.717, 1.165) is 14.7 Å². The van der Waals surface area contributed by atoms with Gasteiger partial charge in [-0.2, -0.15) is 0 Å². The number of ether oxygens (including phenoxy) is 3. The maximum atomic E-state index is 12.9. The molecule has 0 spiro atoms. The minimum absolute atomic E-state index is 0.00435. The molecule has 2 aromatic carbocycles. The lowest BCUT2D eigenvalue weighted by molar-refractivity contribution is 0.103. The van der Waals surface area contributed by atoms with Gasteiger partial charge in [-0.15, -0.1) is 11.3 Å². The Morgan fingerprint density at radius 1 is 1.06 bits per heavy atom. The average Bonchev–Trinajstić information content (AvgIpc) is 3.30. The molecule has 174 valence electrons. The smallest absolute Gasteiger partial charge is 0.265 e. The molecular formula is C23H24N2O6S2. The Hall–Kier alpha value is -3.08. The molecule has 0 fully saturated rings. The number of amides is 1. The van der Waals surface area contributed by atoms with E-state index in [1.165, 1.54) is 31.5 Å². The second-order valence-corrected chi connectivity index (χ2v) is 10.6. The SMILES string of the molecule is CCOc1ccc(NC(=O)c2ccc(-c3ccc4c(c3)OCCO4)s2)cc1S(=O)(=O)N(C)C. The fourth-order valence-corrected chi connectivity index (χ4v) is 5.21. The standard InChI is InChI=1S/C23H24N2O6S2/c1-4-29-18-8-6-16(14-22(18)33(27,28)25(2)3)24-23(26)21-10-9-20(32-21)15-5-7-17-19(13-15)31-12-11-30-17/h5-10,13-14H,4,11-12H2,1-3H3,(H,24,26). The van der Waals surface area contributed by atoms with E-state index in [-0.39, 0.29) is 16.6 Å². The van der Waals surface area contributed by atoms with E-state index in [4.69, 9.17) is 14.2 Å². The fraction of sp³-hybridized carbons (Fsp3) is 0.261. The number of hydrogen-bond acceptors (Lipinski definition) is 7. The second-order valence-electron chi connectivity index (χ2n) is 7.36. The van der Waals surface area contributed by atoms with E-state index in [2.05, 4.69) is 5.32 Å². The second kappa shape index (κ2) is 9.42. The molecule has 33 heavy (non-hydrogen) atoms. The predicted molar refractivity (Wildman–Crippen MR) is 127 cm³/mol. The number of carbonyl (C=O) groups is 1. The molecule has 0 saturated heterocycles. The summed E-state index contributed by atoms with van der Waals surface area (Å²) in [6, 6.07) is 13.9. The molecule has 0 atom stereocenters. The van der Waals surface area contributed by atoms with E-state index in [0.29, 0.717) is 41.9 Å². The van der Waals surface area contributed by atoms with Crippen LogP contribution in [-0.4, -0.2) is 52.5 Å². The van der Waals surface area contributed by atoms with E-state index < -0.39 is 10.0 Å². The Morgan fingerprint density at radius 2 is 1.82 bits per heavy atom. The van der Waals surface area contributed by atoms with Gasteiger partial charge in [0, 0.05) is 24.7 Å². The van der Waals surface area contributed by atoms with Crippen LogP contribution in [0.5, 0.6) is 17.2 Å². The highest BCUT2D eigenvalue weighted by molar-refractivity contribution is 7.89. The highest BCUT2D eigenvalue weighted by Gasteiger charge is 2.23. The van der Waals surface area contributed by atoms with Crippen molar-refractivity contribution in [3.63, 3.8) is 0 Å². The van der Waals surface area contributed by atoms with Crippen LogP contribution >= 0.6 is 11.3 Å². The summed E-state index contributed by atoms with van der Waals surface area (Å²) in [4.78, 5) is 14.3. The molecule has 4 rings (SSSR count). The Kier molecular flexibility index (Phi) is 6.59. The summed E-state index contributed by atoms with van der Waals surface area (Å²) in [6.07, 6.45) is 0. The van der Waals surface area contributed by atoms with Crippen LogP contribution in [-0.2, 0) is 10.0 Å². The minimum Gasteiger partial charge on any atom is -0.492 e. The van der Waals surface area contributed by atoms with Gasteiger partial charge in [-0.25, -0.2) is 12.7 Å². The quantitative estimate of drug-likeness (QED) is 0.538. The number of rotatable bonds is 7. The van der Waals surface area contributed by atoms with Gasteiger partial charge < -0.3 is 19.5 Å². The molecule has 1 N–H and O–H groups in total. The highest BCUT2D eigenvalue weighted by Crippen LogP contribution is 2.37. The molecule has 1 aliphatic rings. The third kappa shape index (κ3) is 4.82. The van der Waals surface area contributed by atoms with Crippen LogP contribution in [0.15, 0.2) is 53.4 Å². The lowest BCUT2D eigenvalue weighted by Crippen LogP contribution is -2.23. The summed E-state index contributed by atoms with van der Waals surface area (Å²) in [5.41, 5.74) is 1.28. The van der Waals surface area contributed by atoms with Crippen LogP contribution in [0.1, 0.15) is 16.6 Å². The van der Waals surface area contributed by atoms with Crippen molar-refractivity contribution in [2.75, 3.05) is 39.2 Å². The van der Waals surface area contributed by atoms with Gasteiger partial charge in [0.25, 0.3) is 5.91 Å². The van der Waals surface area contributed by atoms with Crippen LogP contribution in [0.25, 0.3) is 10.4 Å². The number of nitrogens with one attached hydrogen (secondary N) is 1. The van der Waals surface area contributed by atoms with Crippen LogP contribution in [0.2, 0.25) is 0 Å². The topological polar surface area (TPSA) is 94.2 Å². The maximum absolute atomic E-state index is 12.9. The van der Waals surface area contributed by atoms with Crippen LogP contribution in [0.3, 0.4) is 0 Å². The lowest BCUT2D eigenvalue weighted by atomic mass is 10.1. The monoisotopic (exact) mass is 488 g/mol. The van der Waals surface area contributed by atoms with Crippen molar-refractivity contribution in [2.45, 2.75) is 11.8 Å². The van der Waals surface area contributed by atoms with Crippen molar-refractivity contribution in [1.82, 2.24) is 4.31 Å². The number of anilines is 1. The molecular weight excluding hydrogens is 464 g/mol. The molecule has 0 bridgehead atoms. The number of nitrogens with zero attached hydrogens (tertiary/aromatic N) is 1. The summed E-state index contributed by atoms with van der Waals surface area (Å²) in [7, 11) is -0.863. The average molecular weight is 489 g/mol. The van der Waals surface area contributed by atoms with Gasteiger partial charge in [0.05, 0.1) is 11.5 Å². The van der Waals surface area contributed by atoms with Gasteiger partial charge in [-0.3, -0.25) is 4.79 Å². The zero-order valence-corrected chi connectivity index (χ0v) is 20.1. The maximum Gasteiger partial charge on any atom is 0.265 e. The third-order valence-corrected chi connectivity index (χ3v) is 7.89. The zero-order chi connectivity index (χ0) is 23.6. The molecule has 8 nitrogen and oxygen atoms in total. The van der Waals surface area contributed by atoms with Gasteiger partial charge in [-0.1, -0.05) is 0 Å². The van der Waals surface area contributed by atoms with E-state index in [1.807, 2.05) is 24.3 Å². The van der Waals surface area contributed by atoms with Crippen molar-refractivity contribution in [1.29, 1.82) is 0 Å². The number of fused-ring (bicyclic) bond motifs is 1. The number of carbonyl (C=O) groups excluding carboxylic acids is 1. The molecule has 0 unspecified atom stereocenters. The summed E-state index contributed by atoms with van der Waals surface area (Å²) in [5, 5.41) is 2.78. The normalized spacial score (nSPS) is 13.1. The summed E-state index contributed by atoms with van der Waals surface area (Å²) >= 11 is 1.33. The van der Waals surface area contributed by atoms with Gasteiger partial charge >= 0.3 is 0 Å². The van der Waals surface area contributed by atoms with Gasteiger partial charge in [0.1, 0.15) is 23.9 Å². The molecule has 3 aromatic rings. The van der Waals surface area contributed by atoms with Crippen molar-refractivity contribution in [3.05, 3.63) is 53.4 Å². The molecule has 1 amide bonds. The molecule has 2 heterocycles. The van der Waals surface area contributed by atoms with Gasteiger partial charge in [0.15, 0.2) is 11.5 Å². The van der Waals surface area contributed by atoms with E-state index in [1.54, 1.807) is 25.1 Å². The largest absolute Gasteiger partial charge is 0.492 e. The van der Waals surface area contributed by atoms with Crippen molar-refractivity contribution in [3.8, 4) is 27.7 Å². The number of sulfonamides is 1. The predicted octanol–water partition coefficient (Wildman–Crippen LogP) is 4.09. The molecule has 10 heteroatoms. The summed E-state index contributed by atoms with van der Waals surface area (Å²) in [6.45, 7) is 3.12. The number of thiophene rings is 1. The number of hydrogen-bond donors (Lipinski definition) is 1. The molecule has 1 aliphatic heterocycles. The van der Waals surface area contributed by atoms with Crippen LogP contribution in [0.4, 0.5) is 5.69 Å². The van der Waals surface area contributed by atoms with E-state index >= 15 is 0 Å². The summed E-state index contributed by atoms with van der Waals surface area (Å²) < 4.78 is 43.2. The first-order chi connectivity index (χ1) is 15.8. The zero-order valence-electron chi connectivity index (χ0n) is 18.5. The minimum atomic E-state index is -3.75. The van der Waals surface area contributed by atoms with Crippen molar-refractivity contribution >= 4 is 33.0 Å². The first-order valence-corrected chi connectivity index (χ1v) is 12.6. The molecule has 0 radical (unpaired) electrons. The Morgan fingerprint density at radius 3 is 2.55 bits per heavy atom. The molecule has 1 aromatic heterocycles. The Bertz CT molecular complexity index is 1280. The van der Waals surface area contributed by atoms with Crippen LogP contribution < -0.4 is 19.5 Å². The van der Waals surface area contributed by atoms with Crippen molar-refractivity contribution < 1.29 is 27.4 Å². The Balaban J connectivity index is 1.56. The van der Waals surface area contributed by atoms with Gasteiger partial charge in [-0.05, 0) is 61.0 Å². The summed E-state index contributed by atoms with van der Waals surface area (Å²) in [5.74, 6) is 1.29. The lowest BCUT2D eigenvalue weighted by Gasteiger charge is -2.18. The Labute approximate surface area is 196 Å².